The third-order valence-corrected chi connectivity index (χ3v) is 6.01. The van der Waals surface area contributed by atoms with Crippen molar-refractivity contribution in [1.29, 1.82) is 0 Å². The maximum atomic E-state index is 12.8. The van der Waals surface area contributed by atoms with Gasteiger partial charge in [-0.05, 0) is 41.3 Å². The number of benzene rings is 3. The maximum absolute atomic E-state index is 12.8. The Morgan fingerprint density at radius 1 is 0.970 bits per heavy atom. The van der Waals surface area contributed by atoms with Crippen molar-refractivity contribution in [3.05, 3.63) is 89.5 Å². The fraction of sp³-hybridized carbons (Fsp3) is 0.259. The number of rotatable bonds is 7. The second-order valence-electron chi connectivity index (χ2n) is 8.03. The van der Waals surface area contributed by atoms with Crippen LogP contribution < -0.4 is 4.74 Å². The standard InChI is InChI=1S/C27H27NO5/c1-18-26(20-9-5-4-6-10-20)33-27(30)28(18)17-21-11-7-8-12-22(21)23-15-19(16-25(29)32-3)13-14-24(23)31-2/h4-15,18,26H,16-17H2,1-3H3. The van der Waals surface area contributed by atoms with E-state index in [0.29, 0.717) is 12.3 Å². The number of nitrogens with zero attached hydrogens (tertiary/aromatic N) is 1. The van der Waals surface area contributed by atoms with Crippen molar-refractivity contribution in [3.8, 4) is 16.9 Å². The SMILES string of the molecule is COC(=O)Cc1ccc(OC)c(-c2ccccc2CN2C(=O)OC(c3ccccc3)C2C)c1. The molecule has 1 amide bonds. The first-order valence-electron chi connectivity index (χ1n) is 10.9. The number of methoxy groups -OCH3 is 2. The van der Waals surface area contributed by atoms with Gasteiger partial charge in [0.1, 0.15) is 11.9 Å². The fourth-order valence-corrected chi connectivity index (χ4v) is 4.22. The molecular formula is C27H27NO5. The molecular weight excluding hydrogens is 418 g/mol. The van der Waals surface area contributed by atoms with Crippen LogP contribution in [0.2, 0.25) is 0 Å². The van der Waals surface area contributed by atoms with Crippen LogP contribution >= 0.6 is 0 Å². The molecule has 6 nitrogen and oxygen atoms in total. The number of ether oxygens (including phenoxy) is 3. The molecule has 170 valence electrons. The highest BCUT2D eigenvalue weighted by atomic mass is 16.6. The van der Waals surface area contributed by atoms with E-state index >= 15 is 0 Å². The molecule has 0 N–H and O–H groups in total. The van der Waals surface area contributed by atoms with Gasteiger partial charge in [0.05, 0.1) is 33.2 Å². The van der Waals surface area contributed by atoms with E-state index in [4.69, 9.17) is 14.2 Å². The number of hydrogen-bond acceptors (Lipinski definition) is 5. The first-order valence-corrected chi connectivity index (χ1v) is 10.9. The van der Waals surface area contributed by atoms with Gasteiger partial charge in [0.15, 0.2) is 0 Å². The van der Waals surface area contributed by atoms with E-state index in [2.05, 4.69) is 0 Å². The van der Waals surface area contributed by atoms with Gasteiger partial charge in [-0.1, -0.05) is 60.7 Å². The summed E-state index contributed by atoms with van der Waals surface area (Å²) in [6.07, 6.45) is -0.481. The summed E-state index contributed by atoms with van der Waals surface area (Å²) < 4.78 is 16.1. The van der Waals surface area contributed by atoms with Crippen molar-refractivity contribution in [2.45, 2.75) is 32.0 Å². The van der Waals surface area contributed by atoms with Crippen molar-refractivity contribution in [2.75, 3.05) is 14.2 Å². The number of carbonyl (C=O) groups is 2. The molecule has 0 bridgehead atoms. The monoisotopic (exact) mass is 445 g/mol. The highest BCUT2D eigenvalue weighted by Gasteiger charge is 2.39. The summed E-state index contributed by atoms with van der Waals surface area (Å²) in [5.41, 5.74) is 4.55. The third kappa shape index (κ3) is 4.70. The first-order chi connectivity index (χ1) is 16.0. The van der Waals surface area contributed by atoms with Crippen molar-refractivity contribution < 1.29 is 23.8 Å². The predicted molar refractivity (Wildman–Crippen MR) is 125 cm³/mol. The topological polar surface area (TPSA) is 65.1 Å². The summed E-state index contributed by atoms with van der Waals surface area (Å²) in [7, 11) is 2.99. The lowest BCUT2D eigenvalue weighted by Crippen LogP contribution is -2.31. The van der Waals surface area contributed by atoms with E-state index in [9.17, 15) is 9.59 Å². The molecule has 1 aliphatic heterocycles. The van der Waals surface area contributed by atoms with Gasteiger partial charge in [0.2, 0.25) is 0 Å². The average molecular weight is 446 g/mol. The van der Waals surface area contributed by atoms with Crippen molar-refractivity contribution in [1.82, 2.24) is 4.90 Å². The molecule has 3 aromatic carbocycles. The lowest BCUT2D eigenvalue weighted by atomic mass is 9.95. The molecule has 1 fully saturated rings. The van der Waals surface area contributed by atoms with Crippen LogP contribution in [0, 0.1) is 0 Å². The molecule has 4 rings (SSSR count). The largest absolute Gasteiger partial charge is 0.496 e. The zero-order valence-electron chi connectivity index (χ0n) is 19.0. The molecule has 6 heteroatoms. The van der Waals surface area contributed by atoms with Gasteiger partial charge in [-0.25, -0.2) is 4.79 Å². The van der Waals surface area contributed by atoms with Gasteiger partial charge in [-0.15, -0.1) is 0 Å². The van der Waals surface area contributed by atoms with Crippen LogP contribution in [-0.2, 0) is 27.2 Å². The highest BCUT2D eigenvalue weighted by molar-refractivity contribution is 5.78. The second kappa shape index (κ2) is 9.77. The van der Waals surface area contributed by atoms with Crippen LogP contribution in [0.5, 0.6) is 5.75 Å². The Morgan fingerprint density at radius 3 is 2.42 bits per heavy atom. The predicted octanol–water partition coefficient (Wildman–Crippen LogP) is 5.16. The van der Waals surface area contributed by atoms with Crippen molar-refractivity contribution in [3.63, 3.8) is 0 Å². The number of carbonyl (C=O) groups excluding carboxylic acids is 2. The molecule has 33 heavy (non-hydrogen) atoms. The maximum Gasteiger partial charge on any atom is 0.411 e. The summed E-state index contributed by atoms with van der Waals surface area (Å²) in [4.78, 5) is 26.3. The lowest BCUT2D eigenvalue weighted by Gasteiger charge is -2.23. The molecule has 2 unspecified atom stereocenters. The minimum atomic E-state index is -0.336. The Bertz CT molecular complexity index is 1140. The zero-order chi connectivity index (χ0) is 23.4. The Morgan fingerprint density at radius 2 is 1.70 bits per heavy atom. The van der Waals surface area contributed by atoms with Gasteiger partial charge in [0, 0.05) is 5.56 Å². The van der Waals surface area contributed by atoms with E-state index in [1.165, 1.54) is 7.11 Å². The molecule has 0 radical (unpaired) electrons. The Kier molecular flexibility index (Phi) is 6.63. The number of esters is 1. The Labute approximate surface area is 193 Å². The van der Waals surface area contributed by atoms with E-state index in [-0.39, 0.29) is 30.6 Å². The molecule has 0 spiro atoms. The Balaban J connectivity index is 1.65. The van der Waals surface area contributed by atoms with Crippen LogP contribution in [0.1, 0.15) is 29.7 Å². The van der Waals surface area contributed by atoms with Crippen molar-refractivity contribution >= 4 is 12.1 Å². The quantitative estimate of drug-likeness (QED) is 0.470. The van der Waals surface area contributed by atoms with E-state index in [1.54, 1.807) is 12.0 Å². The van der Waals surface area contributed by atoms with Gasteiger partial charge in [-0.3, -0.25) is 9.69 Å². The van der Waals surface area contributed by atoms with Gasteiger partial charge >= 0.3 is 12.1 Å². The van der Waals surface area contributed by atoms with Gasteiger partial charge in [0.25, 0.3) is 0 Å². The van der Waals surface area contributed by atoms with Crippen LogP contribution in [-0.4, -0.2) is 37.2 Å². The van der Waals surface area contributed by atoms with E-state index in [0.717, 1.165) is 27.8 Å². The number of amides is 1. The molecule has 1 saturated heterocycles. The smallest absolute Gasteiger partial charge is 0.411 e. The summed E-state index contributed by atoms with van der Waals surface area (Å²) in [6, 6.07) is 23.2. The number of cyclic esters (lactones) is 1. The summed E-state index contributed by atoms with van der Waals surface area (Å²) in [6.45, 7) is 2.40. The molecule has 1 aliphatic rings. The molecule has 0 aliphatic carbocycles. The summed E-state index contributed by atoms with van der Waals surface area (Å²) in [5, 5.41) is 0. The third-order valence-electron chi connectivity index (χ3n) is 6.01. The molecule has 0 saturated carbocycles. The molecule has 1 heterocycles. The Hall–Kier alpha value is -3.80. The normalized spacial score (nSPS) is 17.5. The van der Waals surface area contributed by atoms with Crippen molar-refractivity contribution in [2.24, 2.45) is 0 Å². The van der Waals surface area contributed by atoms with Crippen LogP contribution in [0.25, 0.3) is 11.1 Å². The lowest BCUT2D eigenvalue weighted by molar-refractivity contribution is -0.139. The minimum Gasteiger partial charge on any atom is -0.496 e. The average Bonchev–Trinajstić information content (AvgIpc) is 3.13. The van der Waals surface area contributed by atoms with Crippen LogP contribution in [0.3, 0.4) is 0 Å². The van der Waals surface area contributed by atoms with Gasteiger partial charge in [-0.2, -0.15) is 0 Å². The molecule has 0 aromatic heterocycles. The van der Waals surface area contributed by atoms with Crippen LogP contribution in [0.4, 0.5) is 4.79 Å². The summed E-state index contributed by atoms with van der Waals surface area (Å²) in [5.74, 6) is 0.385. The van der Waals surface area contributed by atoms with E-state index < -0.39 is 0 Å². The zero-order valence-corrected chi connectivity index (χ0v) is 19.0. The summed E-state index contributed by atoms with van der Waals surface area (Å²) >= 11 is 0. The minimum absolute atomic E-state index is 0.125. The fourth-order valence-electron chi connectivity index (χ4n) is 4.22. The molecule has 2 atom stereocenters. The first kappa shape index (κ1) is 22.4. The number of hydrogen-bond donors (Lipinski definition) is 0. The highest BCUT2D eigenvalue weighted by Crippen LogP contribution is 2.37. The molecule has 3 aromatic rings. The second-order valence-corrected chi connectivity index (χ2v) is 8.03. The van der Waals surface area contributed by atoms with E-state index in [1.807, 2.05) is 79.7 Å². The van der Waals surface area contributed by atoms with Crippen LogP contribution in [0.15, 0.2) is 72.8 Å². The van der Waals surface area contributed by atoms with Gasteiger partial charge < -0.3 is 14.2 Å².